The number of aryl methyl sites for hydroxylation is 2. The first-order valence-electron chi connectivity index (χ1n) is 11.5. The van der Waals surface area contributed by atoms with Crippen LogP contribution in [-0.2, 0) is 23.0 Å². The fourth-order valence-corrected chi connectivity index (χ4v) is 5.48. The Morgan fingerprint density at radius 3 is 2.71 bits per heavy atom. The Balaban J connectivity index is 1.42. The van der Waals surface area contributed by atoms with Crippen LogP contribution in [0.3, 0.4) is 0 Å². The van der Waals surface area contributed by atoms with Gasteiger partial charge in [0.05, 0.1) is 10.6 Å². The molecule has 2 aromatic carbocycles. The lowest BCUT2D eigenvalue weighted by atomic mass is 10.1. The zero-order valence-corrected chi connectivity index (χ0v) is 19.7. The van der Waals surface area contributed by atoms with E-state index >= 15 is 0 Å². The van der Waals surface area contributed by atoms with Gasteiger partial charge in [-0.1, -0.05) is 12.5 Å². The van der Waals surface area contributed by atoms with Crippen LogP contribution in [0, 0.1) is 12.7 Å². The van der Waals surface area contributed by atoms with E-state index in [1.165, 1.54) is 18.2 Å². The van der Waals surface area contributed by atoms with Gasteiger partial charge >= 0.3 is 0 Å². The lowest BCUT2D eigenvalue weighted by molar-refractivity contribution is 0.102. The van der Waals surface area contributed by atoms with Gasteiger partial charge in [0.15, 0.2) is 5.82 Å². The molecule has 0 bridgehead atoms. The molecule has 8 nitrogen and oxygen atoms in total. The molecule has 0 unspecified atom stereocenters. The van der Waals surface area contributed by atoms with E-state index in [9.17, 15) is 17.6 Å². The standard InChI is InChI=1S/C24H26FN5O3S/c1-15-6-10-18(34(32,33)29-17-8-9-17)14-19(15)24(31)26-21-13-16(7-11-20(21)25)23-28-27-22-5-3-2-4-12-30(22)23/h6-7,10-11,13-14,17,29H,2-5,8-9,12H2,1H3,(H,26,31). The molecule has 2 N–H and O–H groups in total. The Bertz CT molecular complexity index is 1360. The minimum absolute atomic E-state index is 0.00256. The van der Waals surface area contributed by atoms with Gasteiger partial charge in [-0.05, 0) is 68.5 Å². The highest BCUT2D eigenvalue weighted by molar-refractivity contribution is 7.89. The number of rotatable bonds is 6. The van der Waals surface area contributed by atoms with Crippen molar-refractivity contribution in [2.24, 2.45) is 0 Å². The van der Waals surface area contributed by atoms with Crippen LogP contribution in [0.4, 0.5) is 10.1 Å². The van der Waals surface area contributed by atoms with Crippen LogP contribution in [0.5, 0.6) is 0 Å². The van der Waals surface area contributed by atoms with Crippen LogP contribution >= 0.6 is 0 Å². The number of hydrogen-bond acceptors (Lipinski definition) is 5. The van der Waals surface area contributed by atoms with Gasteiger partial charge in [-0.2, -0.15) is 0 Å². The van der Waals surface area contributed by atoms with Gasteiger partial charge in [0.25, 0.3) is 5.91 Å². The van der Waals surface area contributed by atoms with E-state index in [-0.39, 0.29) is 22.2 Å². The number of carbonyl (C=O) groups excluding carboxylic acids is 1. The third-order valence-electron chi connectivity index (χ3n) is 6.25. The number of hydrogen-bond donors (Lipinski definition) is 2. The van der Waals surface area contributed by atoms with Crippen LogP contribution in [-0.4, -0.2) is 35.1 Å². The normalized spacial score (nSPS) is 16.1. The Morgan fingerprint density at radius 2 is 1.91 bits per heavy atom. The van der Waals surface area contributed by atoms with E-state index < -0.39 is 21.7 Å². The molecule has 1 aromatic heterocycles. The minimum atomic E-state index is -3.72. The van der Waals surface area contributed by atoms with E-state index in [0.29, 0.717) is 17.0 Å². The molecule has 178 valence electrons. The molecule has 3 aromatic rings. The van der Waals surface area contributed by atoms with Crippen molar-refractivity contribution in [1.29, 1.82) is 0 Å². The molecule has 0 saturated heterocycles. The summed E-state index contributed by atoms with van der Waals surface area (Å²) in [5.74, 6) is 0.375. The monoisotopic (exact) mass is 483 g/mol. The minimum Gasteiger partial charge on any atom is -0.319 e. The van der Waals surface area contributed by atoms with Crippen molar-refractivity contribution in [1.82, 2.24) is 19.5 Å². The molecule has 1 aliphatic carbocycles. The lowest BCUT2D eigenvalue weighted by Gasteiger charge is -2.13. The molecule has 0 radical (unpaired) electrons. The molecule has 2 aliphatic rings. The SMILES string of the molecule is Cc1ccc(S(=O)(=O)NC2CC2)cc1C(=O)Nc1cc(-c2nnc3n2CCCCC3)ccc1F. The van der Waals surface area contributed by atoms with E-state index in [0.717, 1.165) is 50.9 Å². The molecular weight excluding hydrogens is 457 g/mol. The van der Waals surface area contributed by atoms with E-state index in [1.807, 2.05) is 0 Å². The van der Waals surface area contributed by atoms with Crippen molar-refractivity contribution in [3.63, 3.8) is 0 Å². The predicted molar refractivity (Wildman–Crippen MR) is 125 cm³/mol. The first kappa shape index (κ1) is 22.7. The first-order chi connectivity index (χ1) is 16.3. The van der Waals surface area contributed by atoms with Crippen molar-refractivity contribution < 1.29 is 17.6 Å². The summed E-state index contributed by atoms with van der Waals surface area (Å²) in [6.07, 6.45) is 5.68. The number of aromatic nitrogens is 3. The van der Waals surface area contributed by atoms with Crippen LogP contribution in [0.25, 0.3) is 11.4 Å². The van der Waals surface area contributed by atoms with E-state index in [2.05, 4.69) is 24.8 Å². The number of amides is 1. The fraction of sp³-hybridized carbons (Fsp3) is 0.375. The molecule has 1 fully saturated rings. The Morgan fingerprint density at radius 1 is 1.09 bits per heavy atom. The summed E-state index contributed by atoms with van der Waals surface area (Å²) >= 11 is 0. The third kappa shape index (κ3) is 4.60. The van der Waals surface area contributed by atoms with Crippen molar-refractivity contribution in [3.8, 4) is 11.4 Å². The molecule has 0 spiro atoms. The summed E-state index contributed by atoms with van der Waals surface area (Å²) in [6.45, 7) is 2.50. The van der Waals surface area contributed by atoms with Gasteiger partial charge < -0.3 is 9.88 Å². The first-order valence-corrected chi connectivity index (χ1v) is 13.0. The molecule has 5 rings (SSSR count). The summed E-state index contributed by atoms with van der Waals surface area (Å²) in [4.78, 5) is 13.1. The number of benzene rings is 2. The second-order valence-electron chi connectivity index (χ2n) is 8.92. The second kappa shape index (κ2) is 8.92. The Kier molecular flexibility index (Phi) is 5.95. The van der Waals surface area contributed by atoms with Crippen molar-refractivity contribution in [2.75, 3.05) is 5.32 Å². The number of anilines is 1. The molecule has 0 atom stereocenters. The maximum absolute atomic E-state index is 14.6. The third-order valence-corrected chi connectivity index (χ3v) is 7.76. The number of nitrogens with zero attached hydrogens (tertiary/aromatic N) is 3. The number of fused-ring (bicyclic) bond motifs is 1. The van der Waals surface area contributed by atoms with E-state index in [1.54, 1.807) is 25.1 Å². The average Bonchev–Trinajstić information content (AvgIpc) is 3.57. The maximum Gasteiger partial charge on any atom is 0.256 e. The smallest absolute Gasteiger partial charge is 0.256 e. The molecule has 34 heavy (non-hydrogen) atoms. The summed E-state index contributed by atoms with van der Waals surface area (Å²) < 4.78 is 44.5. The summed E-state index contributed by atoms with van der Waals surface area (Å²) in [5.41, 5.74) is 1.40. The van der Waals surface area contributed by atoms with Gasteiger partial charge in [-0.15, -0.1) is 10.2 Å². The van der Waals surface area contributed by atoms with Crippen LogP contribution in [0.15, 0.2) is 41.3 Å². The topological polar surface area (TPSA) is 106 Å². The van der Waals surface area contributed by atoms with Gasteiger partial charge in [-0.25, -0.2) is 17.5 Å². The lowest BCUT2D eigenvalue weighted by Crippen LogP contribution is -2.26. The fourth-order valence-electron chi connectivity index (χ4n) is 4.15. The Labute approximate surface area is 197 Å². The van der Waals surface area contributed by atoms with Crippen LogP contribution in [0.2, 0.25) is 0 Å². The van der Waals surface area contributed by atoms with Gasteiger partial charge in [0, 0.05) is 30.1 Å². The Hall–Kier alpha value is -3.11. The average molecular weight is 484 g/mol. The van der Waals surface area contributed by atoms with Crippen LogP contribution < -0.4 is 10.0 Å². The summed E-state index contributed by atoms with van der Waals surface area (Å²) in [5, 5.41) is 11.2. The molecular formula is C24H26FN5O3S. The highest BCUT2D eigenvalue weighted by atomic mass is 32.2. The molecule has 1 amide bonds. The van der Waals surface area contributed by atoms with Gasteiger partial charge in [0.1, 0.15) is 11.6 Å². The quantitative estimate of drug-likeness (QED) is 0.555. The summed E-state index contributed by atoms with van der Waals surface area (Å²) in [6, 6.07) is 8.78. The van der Waals surface area contributed by atoms with Crippen molar-refractivity contribution in [2.45, 2.75) is 62.9 Å². The maximum atomic E-state index is 14.6. The number of sulfonamides is 1. The number of carbonyl (C=O) groups is 1. The second-order valence-corrected chi connectivity index (χ2v) is 10.6. The van der Waals surface area contributed by atoms with Gasteiger partial charge in [0.2, 0.25) is 10.0 Å². The number of nitrogens with one attached hydrogen (secondary N) is 2. The molecule has 1 saturated carbocycles. The van der Waals surface area contributed by atoms with Gasteiger partial charge in [-0.3, -0.25) is 4.79 Å². The van der Waals surface area contributed by atoms with Crippen molar-refractivity contribution in [3.05, 3.63) is 59.2 Å². The van der Waals surface area contributed by atoms with E-state index in [4.69, 9.17) is 0 Å². The highest BCUT2D eigenvalue weighted by Gasteiger charge is 2.28. The predicted octanol–water partition coefficient (Wildman–Crippen LogP) is 3.81. The van der Waals surface area contributed by atoms with Crippen molar-refractivity contribution >= 4 is 21.6 Å². The zero-order chi connectivity index (χ0) is 23.9. The molecule has 2 heterocycles. The molecule has 1 aliphatic heterocycles. The van der Waals surface area contributed by atoms with Crippen LogP contribution in [0.1, 0.15) is 53.8 Å². The summed E-state index contributed by atoms with van der Waals surface area (Å²) in [7, 11) is -3.72. The largest absolute Gasteiger partial charge is 0.319 e. The molecule has 10 heteroatoms. The number of halogens is 1. The zero-order valence-electron chi connectivity index (χ0n) is 18.8. The highest BCUT2D eigenvalue weighted by Crippen LogP contribution is 2.28.